The van der Waals surface area contributed by atoms with Crippen LogP contribution in [0.2, 0.25) is 0 Å². The summed E-state index contributed by atoms with van der Waals surface area (Å²) in [6.45, 7) is 0. The van der Waals surface area contributed by atoms with Crippen LogP contribution in [0.3, 0.4) is 0 Å². The Labute approximate surface area is 88.8 Å². The molecule has 1 heteroatoms. The van der Waals surface area contributed by atoms with Crippen molar-refractivity contribution >= 4 is 5.78 Å². The quantitative estimate of drug-likeness (QED) is 0.583. The standard InChI is InChI=1S/C14H12O/c15-14-11-4-2-1-3-10(11)12-8-5-6-9(7-8)13(12)14/h1-6,8-9,12-13H,7H2/t8-,9-,12+,13-/m0/s1. The summed E-state index contributed by atoms with van der Waals surface area (Å²) >= 11 is 0. The van der Waals surface area contributed by atoms with Gasteiger partial charge in [-0.3, -0.25) is 4.79 Å². The van der Waals surface area contributed by atoms with Crippen molar-refractivity contribution < 1.29 is 4.79 Å². The third-order valence-electron chi connectivity index (χ3n) is 4.35. The molecule has 1 aromatic carbocycles. The number of allylic oxidation sites excluding steroid dienone is 2. The number of hydrogen-bond donors (Lipinski definition) is 0. The monoisotopic (exact) mass is 196 g/mol. The van der Waals surface area contributed by atoms with E-state index in [9.17, 15) is 4.79 Å². The summed E-state index contributed by atoms with van der Waals surface area (Å²) < 4.78 is 0. The van der Waals surface area contributed by atoms with Gasteiger partial charge in [-0.05, 0) is 23.8 Å². The first kappa shape index (κ1) is 7.86. The van der Waals surface area contributed by atoms with E-state index in [1.807, 2.05) is 12.1 Å². The molecule has 1 aromatic rings. The summed E-state index contributed by atoms with van der Waals surface area (Å²) in [6.07, 6.45) is 5.78. The van der Waals surface area contributed by atoms with Gasteiger partial charge in [0.05, 0.1) is 0 Å². The van der Waals surface area contributed by atoms with E-state index in [0.29, 0.717) is 23.5 Å². The van der Waals surface area contributed by atoms with Gasteiger partial charge in [0.15, 0.2) is 5.78 Å². The van der Waals surface area contributed by atoms with Gasteiger partial charge in [0.1, 0.15) is 0 Å². The van der Waals surface area contributed by atoms with E-state index in [2.05, 4.69) is 24.3 Å². The van der Waals surface area contributed by atoms with Gasteiger partial charge in [-0.15, -0.1) is 0 Å². The third kappa shape index (κ3) is 0.785. The lowest BCUT2D eigenvalue weighted by molar-refractivity contribution is 0.0911. The van der Waals surface area contributed by atoms with E-state index < -0.39 is 0 Å². The molecule has 0 unspecified atom stereocenters. The van der Waals surface area contributed by atoms with Gasteiger partial charge in [-0.2, -0.15) is 0 Å². The van der Waals surface area contributed by atoms with Crippen LogP contribution >= 0.6 is 0 Å². The van der Waals surface area contributed by atoms with Crippen LogP contribution in [0.4, 0.5) is 0 Å². The molecule has 0 radical (unpaired) electrons. The van der Waals surface area contributed by atoms with E-state index >= 15 is 0 Å². The molecule has 3 aliphatic rings. The van der Waals surface area contributed by atoms with Gasteiger partial charge in [0.25, 0.3) is 0 Å². The molecule has 1 nitrogen and oxygen atoms in total. The van der Waals surface area contributed by atoms with E-state index in [0.717, 1.165) is 5.56 Å². The van der Waals surface area contributed by atoms with Crippen molar-refractivity contribution in [3.05, 3.63) is 47.5 Å². The maximum atomic E-state index is 12.2. The summed E-state index contributed by atoms with van der Waals surface area (Å²) in [5.41, 5.74) is 2.30. The Morgan fingerprint density at radius 1 is 1.00 bits per heavy atom. The van der Waals surface area contributed by atoms with Crippen molar-refractivity contribution in [1.82, 2.24) is 0 Å². The minimum absolute atomic E-state index is 0.275. The number of Topliss-reactive ketones (excluding diaryl/α,β-unsaturated/α-hetero) is 1. The Morgan fingerprint density at radius 2 is 1.73 bits per heavy atom. The lowest BCUT2D eigenvalue weighted by Crippen LogP contribution is -2.18. The van der Waals surface area contributed by atoms with E-state index in [-0.39, 0.29) is 5.92 Å². The first-order valence-electron chi connectivity index (χ1n) is 5.68. The molecule has 4 atom stereocenters. The zero-order valence-corrected chi connectivity index (χ0v) is 8.39. The molecule has 1 fully saturated rings. The fourth-order valence-electron chi connectivity index (χ4n) is 3.80. The van der Waals surface area contributed by atoms with E-state index in [1.165, 1.54) is 12.0 Å². The Balaban J connectivity index is 1.96. The maximum Gasteiger partial charge on any atom is 0.167 e. The molecule has 15 heavy (non-hydrogen) atoms. The number of carbonyl (C=O) groups excluding carboxylic acids is 1. The van der Waals surface area contributed by atoms with Crippen LogP contribution < -0.4 is 0 Å². The van der Waals surface area contributed by atoms with Crippen molar-refractivity contribution in [3.8, 4) is 0 Å². The second-order valence-corrected chi connectivity index (χ2v) is 4.95. The number of carbonyl (C=O) groups is 1. The Kier molecular flexibility index (Phi) is 1.26. The number of fused-ring (bicyclic) bond motifs is 7. The van der Waals surface area contributed by atoms with Crippen LogP contribution in [0.25, 0.3) is 0 Å². The molecule has 0 amide bonds. The van der Waals surface area contributed by atoms with Crippen LogP contribution in [-0.2, 0) is 0 Å². The number of hydrogen-bond acceptors (Lipinski definition) is 1. The lowest BCUT2D eigenvalue weighted by Gasteiger charge is -2.19. The van der Waals surface area contributed by atoms with Crippen LogP contribution in [0.5, 0.6) is 0 Å². The minimum atomic E-state index is 0.275. The molecule has 4 rings (SSSR count). The molecule has 0 spiro atoms. The molecule has 2 bridgehead atoms. The zero-order valence-electron chi connectivity index (χ0n) is 8.39. The van der Waals surface area contributed by atoms with Gasteiger partial charge in [0, 0.05) is 17.4 Å². The van der Waals surface area contributed by atoms with Crippen molar-refractivity contribution in [2.45, 2.75) is 12.3 Å². The zero-order chi connectivity index (χ0) is 9.99. The average molecular weight is 196 g/mol. The van der Waals surface area contributed by atoms with Crippen LogP contribution in [0.15, 0.2) is 36.4 Å². The number of rotatable bonds is 0. The van der Waals surface area contributed by atoms with Crippen LogP contribution in [0, 0.1) is 17.8 Å². The number of ketones is 1. The molecule has 0 aliphatic heterocycles. The fourth-order valence-corrected chi connectivity index (χ4v) is 3.80. The molecule has 74 valence electrons. The predicted octanol–water partition coefficient (Wildman–Crippen LogP) is 2.79. The van der Waals surface area contributed by atoms with Gasteiger partial charge in [0.2, 0.25) is 0 Å². The SMILES string of the molecule is O=C1c2ccccc2[C@@H]2[C@@H]1[C@H]1C=C[C@H]2C1. The maximum absolute atomic E-state index is 12.2. The molecule has 3 aliphatic carbocycles. The minimum Gasteiger partial charge on any atom is -0.294 e. The van der Waals surface area contributed by atoms with Crippen molar-refractivity contribution in [2.75, 3.05) is 0 Å². The van der Waals surface area contributed by atoms with Crippen molar-refractivity contribution in [3.63, 3.8) is 0 Å². The first-order valence-corrected chi connectivity index (χ1v) is 5.68. The highest BCUT2D eigenvalue weighted by atomic mass is 16.1. The summed E-state index contributed by atoms with van der Waals surface area (Å²) in [5, 5.41) is 0. The number of benzene rings is 1. The molecule has 0 saturated heterocycles. The molecule has 0 aromatic heterocycles. The molecule has 1 saturated carbocycles. The first-order chi connectivity index (χ1) is 7.36. The van der Waals surface area contributed by atoms with Crippen LogP contribution in [-0.4, -0.2) is 5.78 Å². The van der Waals surface area contributed by atoms with E-state index in [1.54, 1.807) is 0 Å². The van der Waals surface area contributed by atoms with Crippen molar-refractivity contribution in [1.29, 1.82) is 0 Å². The Bertz CT molecular complexity index is 486. The second-order valence-electron chi connectivity index (χ2n) is 4.95. The molecule has 0 N–H and O–H groups in total. The van der Waals surface area contributed by atoms with Crippen LogP contribution in [0.1, 0.15) is 28.3 Å². The smallest absolute Gasteiger partial charge is 0.167 e. The normalized spacial score (nSPS) is 39.6. The molecular formula is C14H12O. The summed E-state index contributed by atoms with van der Waals surface area (Å²) in [6, 6.07) is 8.18. The average Bonchev–Trinajstić information content (AvgIpc) is 2.92. The van der Waals surface area contributed by atoms with E-state index in [4.69, 9.17) is 0 Å². The highest BCUT2D eigenvalue weighted by molar-refractivity contribution is 6.04. The summed E-state index contributed by atoms with van der Waals surface area (Å²) in [5.74, 6) is 2.33. The lowest BCUT2D eigenvalue weighted by atomic mass is 9.83. The molecular weight excluding hydrogens is 184 g/mol. The largest absolute Gasteiger partial charge is 0.294 e. The highest BCUT2D eigenvalue weighted by Crippen LogP contribution is 2.58. The fraction of sp³-hybridized carbons (Fsp3) is 0.357. The topological polar surface area (TPSA) is 17.1 Å². The second kappa shape index (κ2) is 2.41. The Morgan fingerprint density at radius 3 is 2.60 bits per heavy atom. The third-order valence-corrected chi connectivity index (χ3v) is 4.35. The highest BCUT2D eigenvalue weighted by Gasteiger charge is 2.53. The summed E-state index contributed by atoms with van der Waals surface area (Å²) in [4.78, 5) is 12.2. The van der Waals surface area contributed by atoms with Gasteiger partial charge < -0.3 is 0 Å². The van der Waals surface area contributed by atoms with Gasteiger partial charge >= 0.3 is 0 Å². The Hall–Kier alpha value is -1.37. The van der Waals surface area contributed by atoms with Gasteiger partial charge in [-0.1, -0.05) is 36.4 Å². The van der Waals surface area contributed by atoms with Crippen molar-refractivity contribution in [2.24, 2.45) is 17.8 Å². The molecule has 0 heterocycles. The predicted molar refractivity (Wildman–Crippen MR) is 57.7 cm³/mol. The summed E-state index contributed by atoms with van der Waals surface area (Å²) in [7, 11) is 0. The van der Waals surface area contributed by atoms with Gasteiger partial charge in [-0.25, -0.2) is 0 Å².